The Morgan fingerprint density at radius 1 is 1.57 bits per heavy atom. The first kappa shape index (κ1) is 9.61. The van der Waals surface area contributed by atoms with Crippen molar-refractivity contribution in [2.45, 2.75) is 44.2 Å². The molecule has 1 heterocycles. The number of nitrogens with two attached hydrogens (primary N) is 1. The van der Waals surface area contributed by atoms with Gasteiger partial charge >= 0.3 is 0 Å². The summed E-state index contributed by atoms with van der Waals surface area (Å²) in [6.45, 7) is 3.70. The van der Waals surface area contributed by atoms with Crippen molar-refractivity contribution in [2.75, 3.05) is 0 Å². The van der Waals surface area contributed by atoms with Crippen LogP contribution in [0.2, 0.25) is 0 Å². The Hall–Kier alpha value is -0.940. The summed E-state index contributed by atoms with van der Waals surface area (Å²) in [5, 5.41) is 13.1. The van der Waals surface area contributed by atoms with Crippen LogP contribution in [-0.2, 0) is 5.41 Å². The van der Waals surface area contributed by atoms with Crippen LogP contribution >= 0.6 is 0 Å². The molecule has 0 amide bonds. The molecule has 0 spiro atoms. The Balaban J connectivity index is 2.17. The summed E-state index contributed by atoms with van der Waals surface area (Å²) in [7, 11) is 0. The van der Waals surface area contributed by atoms with Crippen LogP contribution in [0.4, 0.5) is 0 Å². The van der Waals surface area contributed by atoms with E-state index in [0.717, 1.165) is 12.8 Å². The third kappa shape index (κ3) is 1.53. The van der Waals surface area contributed by atoms with Crippen LogP contribution < -0.4 is 5.73 Å². The average Bonchev–Trinajstić information content (AvgIpc) is 2.69. The van der Waals surface area contributed by atoms with Crippen LogP contribution in [0.3, 0.4) is 0 Å². The standard InChI is InChI=1S/C9H15N3O2/c1-5(13)6(10)7-11-8(12-14-7)9(2)3-4-9/h5-6,13H,3-4,10H2,1-2H3. The van der Waals surface area contributed by atoms with Crippen molar-refractivity contribution in [1.82, 2.24) is 10.1 Å². The zero-order valence-electron chi connectivity index (χ0n) is 8.40. The summed E-state index contributed by atoms with van der Waals surface area (Å²) in [6.07, 6.45) is 1.52. The number of hydrogen-bond donors (Lipinski definition) is 2. The lowest BCUT2D eigenvalue weighted by Gasteiger charge is -2.08. The number of aromatic nitrogens is 2. The van der Waals surface area contributed by atoms with E-state index in [1.54, 1.807) is 6.92 Å². The topological polar surface area (TPSA) is 85.2 Å². The molecule has 0 bridgehead atoms. The molecule has 1 aliphatic rings. The SMILES string of the molecule is CC(O)C(N)c1nc(C2(C)CC2)no1. The van der Waals surface area contributed by atoms with Crippen LogP contribution in [0.25, 0.3) is 0 Å². The second-order valence-corrected chi connectivity index (χ2v) is 4.28. The van der Waals surface area contributed by atoms with Gasteiger partial charge in [0.1, 0.15) is 6.04 Å². The molecule has 5 heteroatoms. The van der Waals surface area contributed by atoms with Gasteiger partial charge in [-0.3, -0.25) is 0 Å². The quantitative estimate of drug-likeness (QED) is 0.737. The van der Waals surface area contributed by atoms with Crippen molar-refractivity contribution < 1.29 is 9.63 Å². The highest BCUT2D eigenvalue weighted by atomic mass is 16.5. The van der Waals surface area contributed by atoms with E-state index in [-0.39, 0.29) is 5.41 Å². The molecule has 78 valence electrons. The predicted molar refractivity (Wildman–Crippen MR) is 49.5 cm³/mol. The fraction of sp³-hybridized carbons (Fsp3) is 0.778. The van der Waals surface area contributed by atoms with E-state index in [1.165, 1.54) is 0 Å². The van der Waals surface area contributed by atoms with E-state index in [9.17, 15) is 5.11 Å². The van der Waals surface area contributed by atoms with Crippen LogP contribution in [0, 0.1) is 0 Å². The molecule has 0 aromatic carbocycles. The van der Waals surface area contributed by atoms with Crippen molar-refractivity contribution in [3.63, 3.8) is 0 Å². The van der Waals surface area contributed by atoms with Gasteiger partial charge in [0.25, 0.3) is 0 Å². The van der Waals surface area contributed by atoms with E-state index < -0.39 is 12.1 Å². The molecule has 2 atom stereocenters. The lowest BCUT2D eigenvalue weighted by atomic mass is 10.1. The molecule has 0 saturated heterocycles. The minimum Gasteiger partial charge on any atom is -0.391 e. The van der Waals surface area contributed by atoms with Gasteiger partial charge in [-0.05, 0) is 19.8 Å². The summed E-state index contributed by atoms with van der Waals surface area (Å²) in [4.78, 5) is 4.20. The largest absolute Gasteiger partial charge is 0.391 e. The zero-order chi connectivity index (χ0) is 10.3. The van der Waals surface area contributed by atoms with E-state index in [2.05, 4.69) is 17.1 Å². The van der Waals surface area contributed by atoms with Crippen molar-refractivity contribution in [2.24, 2.45) is 5.73 Å². The molecular formula is C9H15N3O2. The number of nitrogens with zero attached hydrogens (tertiary/aromatic N) is 2. The van der Waals surface area contributed by atoms with Gasteiger partial charge in [0.15, 0.2) is 5.82 Å². The van der Waals surface area contributed by atoms with Crippen LogP contribution in [0.1, 0.15) is 44.4 Å². The lowest BCUT2D eigenvalue weighted by Crippen LogP contribution is -2.23. The van der Waals surface area contributed by atoms with Crippen molar-refractivity contribution in [3.05, 3.63) is 11.7 Å². The predicted octanol–water partition coefficient (Wildman–Crippen LogP) is 0.502. The van der Waals surface area contributed by atoms with E-state index in [0.29, 0.717) is 11.7 Å². The maximum absolute atomic E-state index is 9.25. The van der Waals surface area contributed by atoms with Crippen LogP contribution in [-0.4, -0.2) is 21.4 Å². The number of hydrogen-bond acceptors (Lipinski definition) is 5. The monoisotopic (exact) mass is 197 g/mol. The number of aliphatic hydroxyl groups excluding tert-OH is 1. The molecule has 5 nitrogen and oxygen atoms in total. The Morgan fingerprint density at radius 3 is 2.71 bits per heavy atom. The van der Waals surface area contributed by atoms with Gasteiger partial charge in [0.05, 0.1) is 6.10 Å². The molecule has 3 N–H and O–H groups in total. The van der Waals surface area contributed by atoms with E-state index in [4.69, 9.17) is 10.3 Å². The fourth-order valence-electron chi connectivity index (χ4n) is 1.23. The highest BCUT2D eigenvalue weighted by molar-refractivity contribution is 5.14. The van der Waals surface area contributed by atoms with Crippen LogP contribution in [0.5, 0.6) is 0 Å². The third-order valence-electron chi connectivity index (χ3n) is 2.79. The van der Waals surface area contributed by atoms with Gasteiger partial charge in [-0.15, -0.1) is 0 Å². The Bertz CT molecular complexity index is 331. The fourth-order valence-corrected chi connectivity index (χ4v) is 1.23. The lowest BCUT2D eigenvalue weighted by molar-refractivity contribution is 0.146. The number of aliphatic hydroxyl groups is 1. The molecule has 1 saturated carbocycles. The molecule has 14 heavy (non-hydrogen) atoms. The maximum Gasteiger partial charge on any atom is 0.246 e. The van der Waals surface area contributed by atoms with Gasteiger partial charge in [-0.1, -0.05) is 12.1 Å². The minimum atomic E-state index is -0.671. The highest BCUT2D eigenvalue weighted by Crippen LogP contribution is 2.46. The first-order valence-corrected chi connectivity index (χ1v) is 4.81. The summed E-state index contributed by atoms with van der Waals surface area (Å²) in [6, 6.07) is -0.585. The molecule has 1 aliphatic carbocycles. The molecule has 1 fully saturated rings. The van der Waals surface area contributed by atoms with Crippen molar-refractivity contribution in [3.8, 4) is 0 Å². The third-order valence-corrected chi connectivity index (χ3v) is 2.79. The smallest absolute Gasteiger partial charge is 0.246 e. The molecular weight excluding hydrogens is 182 g/mol. The van der Waals surface area contributed by atoms with E-state index in [1.807, 2.05) is 0 Å². The normalized spacial score (nSPS) is 23.1. The van der Waals surface area contributed by atoms with Crippen LogP contribution in [0.15, 0.2) is 4.52 Å². The van der Waals surface area contributed by atoms with Crippen molar-refractivity contribution >= 4 is 0 Å². The molecule has 2 unspecified atom stereocenters. The Morgan fingerprint density at radius 2 is 2.21 bits per heavy atom. The second kappa shape index (κ2) is 3.03. The average molecular weight is 197 g/mol. The van der Waals surface area contributed by atoms with Gasteiger partial charge in [-0.2, -0.15) is 4.98 Å². The van der Waals surface area contributed by atoms with E-state index >= 15 is 0 Å². The Kier molecular flexibility index (Phi) is 2.08. The molecule has 0 radical (unpaired) electrons. The highest BCUT2D eigenvalue weighted by Gasteiger charge is 2.43. The van der Waals surface area contributed by atoms with Gasteiger partial charge in [0, 0.05) is 5.41 Å². The summed E-state index contributed by atoms with van der Waals surface area (Å²) < 4.78 is 5.01. The van der Waals surface area contributed by atoms with Gasteiger partial charge in [-0.25, -0.2) is 0 Å². The minimum absolute atomic E-state index is 0.0835. The zero-order valence-corrected chi connectivity index (χ0v) is 8.40. The first-order chi connectivity index (χ1) is 6.53. The Labute approximate surface area is 82.3 Å². The first-order valence-electron chi connectivity index (χ1n) is 4.81. The molecule has 0 aliphatic heterocycles. The number of rotatable bonds is 3. The summed E-state index contributed by atoms with van der Waals surface area (Å²) in [5.74, 6) is 1.03. The molecule has 1 aromatic heterocycles. The molecule has 2 rings (SSSR count). The summed E-state index contributed by atoms with van der Waals surface area (Å²) in [5.41, 5.74) is 5.75. The van der Waals surface area contributed by atoms with Gasteiger partial charge < -0.3 is 15.4 Å². The van der Waals surface area contributed by atoms with Crippen molar-refractivity contribution in [1.29, 1.82) is 0 Å². The maximum atomic E-state index is 9.25. The molecule has 1 aromatic rings. The second-order valence-electron chi connectivity index (χ2n) is 4.28. The van der Waals surface area contributed by atoms with Gasteiger partial charge in [0.2, 0.25) is 5.89 Å². The summed E-state index contributed by atoms with van der Waals surface area (Å²) >= 11 is 0.